The zero-order valence-electron chi connectivity index (χ0n) is 13.4. The number of carbonyl (C=O) groups excluding carboxylic acids is 1. The van der Waals surface area contributed by atoms with E-state index in [0.717, 1.165) is 11.4 Å². The molecule has 0 bridgehead atoms. The number of methoxy groups -OCH3 is 1. The van der Waals surface area contributed by atoms with Gasteiger partial charge in [0.05, 0.1) is 7.11 Å². The highest BCUT2D eigenvalue weighted by molar-refractivity contribution is 5.94. The van der Waals surface area contributed by atoms with E-state index in [1.165, 1.54) is 12.8 Å². The fourth-order valence-corrected chi connectivity index (χ4v) is 2.61. The molecule has 1 atom stereocenters. The summed E-state index contributed by atoms with van der Waals surface area (Å²) >= 11 is 0. The van der Waals surface area contributed by atoms with E-state index in [4.69, 9.17) is 10.5 Å². The standard InChI is InChI=1S/C17H26N2O2/c1-12(13-5-6-13)19(16(20)11-17(2,3)18)14-7-9-15(21-4)10-8-14/h7-10,12-13H,5-6,11,18H2,1-4H3. The Morgan fingerprint density at radius 1 is 1.38 bits per heavy atom. The molecule has 2 rings (SSSR count). The summed E-state index contributed by atoms with van der Waals surface area (Å²) in [5.41, 5.74) is 6.45. The molecule has 1 aliphatic rings. The van der Waals surface area contributed by atoms with Crippen LogP contribution in [-0.2, 0) is 4.79 Å². The third kappa shape index (κ3) is 4.21. The second-order valence-corrected chi connectivity index (χ2v) is 6.71. The van der Waals surface area contributed by atoms with Crippen LogP contribution in [0.15, 0.2) is 24.3 Å². The summed E-state index contributed by atoms with van der Waals surface area (Å²) in [5.74, 6) is 1.49. The molecule has 1 unspecified atom stereocenters. The van der Waals surface area contributed by atoms with Crippen LogP contribution in [0, 0.1) is 5.92 Å². The van der Waals surface area contributed by atoms with Crippen LogP contribution in [-0.4, -0.2) is 24.6 Å². The Labute approximate surface area is 127 Å². The number of hydrogen-bond acceptors (Lipinski definition) is 3. The summed E-state index contributed by atoms with van der Waals surface area (Å²) in [5, 5.41) is 0. The van der Waals surface area contributed by atoms with Crippen LogP contribution in [0.5, 0.6) is 5.75 Å². The molecule has 1 aromatic rings. The minimum absolute atomic E-state index is 0.0899. The van der Waals surface area contributed by atoms with Crippen molar-refractivity contribution >= 4 is 11.6 Å². The van der Waals surface area contributed by atoms with Crippen molar-refractivity contribution in [1.82, 2.24) is 0 Å². The van der Waals surface area contributed by atoms with Gasteiger partial charge in [0.2, 0.25) is 5.91 Å². The van der Waals surface area contributed by atoms with Crippen LogP contribution >= 0.6 is 0 Å². The van der Waals surface area contributed by atoms with Crippen molar-refractivity contribution in [1.29, 1.82) is 0 Å². The van der Waals surface area contributed by atoms with Crippen LogP contribution in [0.2, 0.25) is 0 Å². The highest BCUT2D eigenvalue weighted by Crippen LogP contribution is 2.37. The molecule has 1 aliphatic carbocycles. The molecular formula is C17H26N2O2. The average Bonchev–Trinajstić information content (AvgIpc) is 3.21. The molecule has 2 N–H and O–H groups in total. The fourth-order valence-electron chi connectivity index (χ4n) is 2.61. The van der Waals surface area contributed by atoms with Gasteiger partial charge in [-0.3, -0.25) is 4.79 Å². The lowest BCUT2D eigenvalue weighted by atomic mass is 10.00. The molecule has 4 heteroatoms. The van der Waals surface area contributed by atoms with E-state index in [-0.39, 0.29) is 11.9 Å². The van der Waals surface area contributed by atoms with Crippen LogP contribution in [0.4, 0.5) is 5.69 Å². The van der Waals surface area contributed by atoms with Gasteiger partial charge in [-0.15, -0.1) is 0 Å². The molecule has 1 aromatic carbocycles. The molecule has 21 heavy (non-hydrogen) atoms. The Balaban J connectivity index is 2.24. The third-order valence-electron chi connectivity index (χ3n) is 3.94. The molecule has 0 heterocycles. The number of hydrogen-bond donors (Lipinski definition) is 1. The van der Waals surface area contributed by atoms with Crippen LogP contribution < -0.4 is 15.4 Å². The maximum Gasteiger partial charge on any atom is 0.229 e. The summed E-state index contributed by atoms with van der Waals surface area (Å²) in [6, 6.07) is 7.89. The van der Waals surface area contributed by atoms with Crippen molar-refractivity contribution in [3.63, 3.8) is 0 Å². The normalized spacial score (nSPS) is 16.4. The maximum atomic E-state index is 12.7. The van der Waals surface area contributed by atoms with Crippen LogP contribution in [0.1, 0.15) is 40.0 Å². The van der Waals surface area contributed by atoms with Crippen molar-refractivity contribution in [2.75, 3.05) is 12.0 Å². The molecule has 0 aromatic heterocycles. The first kappa shape index (κ1) is 15.8. The third-order valence-corrected chi connectivity index (χ3v) is 3.94. The minimum atomic E-state index is -0.495. The van der Waals surface area contributed by atoms with Crippen molar-refractivity contribution in [2.45, 2.75) is 51.6 Å². The second-order valence-electron chi connectivity index (χ2n) is 6.71. The Kier molecular flexibility index (Phi) is 4.57. The number of carbonyl (C=O) groups is 1. The van der Waals surface area contributed by atoms with E-state index >= 15 is 0 Å². The van der Waals surface area contributed by atoms with E-state index in [0.29, 0.717) is 12.3 Å². The van der Waals surface area contributed by atoms with E-state index in [2.05, 4.69) is 6.92 Å². The van der Waals surface area contributed by atoms with Gasteiger partial charge in [-0.2, -0.15) is 0 Å². The lowest BCUT2D eigenvalue weighted by Gasteiger charge is -2.32. The Hall–Kier alpha value is -1.55. The lowest BCUT2D eigenvalue weighted by Crippen LogP contribution is -2.45. The Bertz CT molecular complexity index is 487. The van der Waals surface area contributed by atoms with E-state index in [1.807, 2.05) is 43.0 Å². The van der Waals surface area contributed by atoms with Gasteiger partial charge in [-0.05, 0) is 63.8 Å². The molecule has 116 valence electrons. The van der Waals surface area contributed by atoms with E-state index in [1.54, 1.807) is 7.11 Å². The second kappa shape index (κ2) is 6.06. The first-order valence-electron chi connectivity index (χ1n) is 7.57. The minimum Gasteiger partial charge on any atom is -0.497 e. The van der Waals surface area contributed by atoms with Crippen molar-refractivity contribution in [3.8, 4) is 5.75 Å². The summed E-state index contributed by atoms with van der Waals surface area (Å²) < 4.78 is 5.19. The lowest BCUT2D eigenvalue weighted by molar-refractivity contribution is -0.120. The number of rotatable bonds is 6. The largest absolute Gasteiger partial charge is 0.497 e. The molecule has 0 aliphatic heterocycles. The molecule has 1 amide bonds. The van der Waals surface area contributed by atoms with Gasteiger partial charge in [0.25, 0.3) is 0 Å². The summed E-state index contributed by atoms with van der Waals surface area (Å²) in [7, 11) is 1.64. The highest BCUT2D eigenvalue weighted by atomic mass is 16.5. The first-order valence-corrected chi connectivity index (χ1v) is 7.57. The quantitative estimate of drug-likeness (QED) is 0.876. The van der Waals surface area contributed by atoms with Crippen molar-refractivity contribution < 1.29 is 9.53 Å². The zero-order valence-corrected chi connectivity index (χ0v) is 13.4. The van der Waals surface area contributed by atoms with Crippen LogP contribution in [0.3, 0.4) is 0 Å². The summed E-state index contributed by atoms with van der Waals surface area (Å²) in [4.78, 5) is 14.6. The average molecular weight is 290 g/mol. The van der Waals surface area contributed by atoms with Crippen molar-refractivity contribution in [3.05, 3.63) is 24.3 Å². The molecule has 0 saturated heterocycles. The molecular weight excluding hydrogens is 264 g/mol. The summed E-state index contributed by atoms with van der Waals surface area (Å²) in [6.45, 7) is 5.90. The summed E-state index contributed by atoms with van der Waals surface area (Å²) in [6.07, 6.45) is 2.75. The highest BCUT2D eigenvalue weighted by Gasteiger charge is 2.36. The van der Waals surface area contributed by atoms with Gasteiger partial charge in [-0.1, -0.05) is 0 Å². The molecule has 4 nitrogen and oxygen atoms in total. The van der Waals surface area contributed by atoms with Gasteiger partial charge >= 0.3 is 0 Å². The number of anilines is 1. The molecule has 0 spiro atoms. The SMILES string of the molecule is COc1ccc(N(C(=O)CC(C)(C)N)C(C)C2CC2)cc1. The van der Waals surface area contributed by atoms with E-state index in [9.17, 15) is 4.79 Å². The monoisotopic (exact) mass is 290 g/mol. The van der Waals surface area contributed by atoms with Gasteiger partial charge in [0.15, 0.2) is 0 Å². The number of ether oxygens (including phenoxy) is 1. The van der Waals surface area contributed by atoms with Crippen molar-refractivity contribution in [2.24, 2.45) is 11.7 Å². The molecule has 1 fully saturated rings. The Morgan fingerprint density at radius 2 is 1.95 bits per heavy atom. The number of nitrogens with two attached hydrogens (primary N) is 1. The van der Waals surface area contributed by atoms with Gasteiger partial charge in [-0.25, -0.2) is 0 Å². The Morgan fingerprint density at radius 3 is 2.38 bits per heavy atom. The van der Waals surface area contributed by atoms with Gasteiger partial charge < -0.3 is 15.4 Å². The topological polar surface area (TPSA) is 55.6 Å². The number of amides is 1. The molecule has 1 saturated carbocycles. The molecule has 0 radical (unpaired) electrons. The van der Waals surface area contributed by atoms with E-state index < -0.39 is 5.54 Å². The first-order chi connectivity index (χ1) is 9.81. The zero-order chi connectivity index (χ0) is 15.6. The maximum absolute atomic E-state index is 12.7. The fraction of sp³-hybridized carbons (Fsp3) is 0.588. The number of benzene rings is 1. The van der Waals surface area contributed by atoms with Crippen LogP contribution in [0.25, 0.3) is 0 Å². The van der Waals surface area contributed by atoms with Gasteiger partial charge in [0, 0.05) is 23.7 Å². The predicted molar refractivity (Wildman–Crippen MR) is 85.5 cm³/mol. The predicted octanol–water partition coefficient (Wildman–Crippen LogP) is 2.95. The number of nitrogens with zero attached hydrogens (tertiary/aromatic N) is 1. The smallest absolute Gasteiger partial charge is 0.229 e. The van der Waals surface area contributed by atoms with Gasteiger partial charge in [0.1, 0.15) is 5.75 Å².